The molecule has 1 amide bonds. The van der Waals surface area contributed by atoms with Gasteiger partial charge in [-0.05, 0) is 50.2 Å². The molecule has 2 aromatic carbocycles. The normalized spacial score (nSPS) is 11.8. The SMILES string of the molecule is Cc1cccc(NC(=O)C(C)OC(=O)c2ccccc2-c2nc3ccccc3o2)n1. The van der Waals surface area contributed by atoms with Crippen molar-refractivity contribution in [3.8, 4) is 11.5 Å². The van der Waals surface area contributed by atoms with Crippen molar-refractivity contribution in [1.82, 2.24) is 9.97 Å². The highest BCUT2D eigenvalue weighted by Gasteiger charge is 2.23. The van der Waals surface area contributed by atoms with E-state index in [2.05, 4.69) is 15.3 Å². The van der Waals surface area contributed by atoms with Gasteiger partial charge in [0.05, 0.1) is 11.1 Å². The second-order valence-corrected chi connectivity index (χ2v) is 6.73. The third-order valence-electron chi connectivity index (χ3n) is 4.46. The number of hydrogen-bond acceptors (Lipinski definition) is 6. The molecule has 0 radical (unpaired) electrons. The summed E-state index contributed by atoms with van der Waals surface area (Å²) in [6, 6.07) is 19.4. The molecule has 0 bridgehead atoms. The molecule has 1 N–H and O–H groups in total. The van der Waals surface area contributed by atoms with Gasteiger partial charge in [0, 0.05) is 5.69 Å². The van der Waals surface area contributed by atoms with Crippen LogP contribution >= 0.6 is 0 Å². The third kappa shape index (κ3) is 4.05. The van der Waals surface area contributed by atoms with E-state index in [0.29, 0.717) is 28.4 Å². The Hall–Kier alpha value is -4.00. The van der Waals surface area contributed by atoms with Gasteiger partial charge in [-0.3, -0.25) is 4.79 Å². The van der Waals surface area contributed by atoms with Gasteiger partial charge in [0.15, 0.2) is 11.7 Å². The number of benzene rings is 2. The molecule has 0 aliphatic heterocycles. The number of hydrogen-bond donors (Lipinski definition) is 1. The second-order valence-electron chi connectivity index (χ2n) is 6.73. The number of carbonyl (C=O) groups is 2. The average Bonchev–Trinajstić information content (AvgIpc) is 3.18. The Balaban J connectivity index is 1.53. The van der Waals surface area contributed by atoms with E-state index >= 15 is 0 Å². The minimum atomic E-state index is -1.02. The van der Waals surface area contributed by atoms with Gasteiger partial charge in [-0.25, -0.2) is 14.8 Å². The highest BCUT2D eigenvalue weighted by molar-refractivity contribution is 6.00. The van der Waals surface area contributed by atoms with Gasteiger partial charge in [-0.2, -0.15) is 0 Å². The Morgan fingerprint density at radius 2 is 1.73 bits per heavy atom. The van der Waals surface area contributed by atoms with E-state index in [0.717, 1.165) is 5.69 Å². The van der Waals surface area contributed by atoms with Gasteiger partial charge in [0.1, 0.15) is 11.3 Å². The zero-order valence-electron chi connectivity index (χ0n) is 16.5. The van der Waals surface area contributed by atoms with Gasteiger partial charge in [0.2, 0.25) is 5.89 Å². The molecule has 0 aliphatic rings. The first-order chi connectivity index (χ1) is 14.5. The molecule has 7 nitrogen and oxygen atoms in total. The smallest absolute Gasteiger partial charge is 0.339 e. The number of anilines is 1. The molecule has 2 aromatic heterocycles. The van der Waals surface area contributed by atoms with E-state index in [9.17, 15) is 9.59 Å². The van der Waals surface area contributed by atoms with Crippen molar-refractivity contribution in [3.05, 3.63) is 78.0 Å². The molecular weight excluding hydrogens is 382 g/mol. The molecule has 1 unspecified atom stereocenters. The van der Waals surface area contributed by atoms with Crippen molar-refractivity contribution in [2.45, 2.75) is 20.0 Å². The first kappa shape index (κ1) is 19.3. The summed E-state index contributed by atoms with van der Waals surface area (Å²) in [5, 5.41) is 2.65. The highest BCUT2D eigenvalue weighted by Crippen LogP contribution is 2.27. The number of esters is 1. The topological polar surface area (TPSA) is 94.3 Å². The molecule has 150 valence electrons. The van der Waals surface area contributed by atoms with Crippen molar-refractivity contribution in [3.63, 3.8) is 0 Å². The molecule has 0 aliphatic carbocycles. The number of aromatic nitrogens is 2. The summed E-state index contributed by atoms with van der Waals surface area (Å²) < 4.78 is 11.2. The first-order valence-electron chi connectivity index (χ1n) is 9.42. The number of nitrogens with zero attached hydrogens (tertiary/aromatic N) is 2. The molecule has 4 rings (SSSR count). The van der Waals surface area contributed by atoms with Gasteiger partial charge < -0.3 is 14.5 Å². The Bertz CT molecular complexity index is 1200. The van der Waals surface area contributed by atoms with Crippen molar-refractivity contribution in [1.29, 1.82) is 0 Å². The predicted octanol–water partition coefficient (Wildman–Crippen LogP) is 4.38. The number of rotatable bonds is 5. The summed E-state index contributed by atoms with van der Waals surface area (Å²) in [6.45, 7) is 3.33. The maximum Gasteiger partial charge on any atom is 0.339 e. The number of aryl methyl sites for hydroxylation is 1. The predicted molar refractivity (Wildman–Crippen MR) is 112 cm³/mol. The van der Waals surface area contributed by atoms with Gasteiger partial charge in [0.25, 0.3) is 5.91 Å². The average molecular weight is 401 g/mol. The Morgan fingerprint density at radius 3 is 2.53 bits per heavy atom. The number of amides is 1. The van der Waals surface area contributed by atoms with Crippen LogP contribution in [0.4, 0.5) is 5.82 Å². The minimum absolute atomic E-state index is 0.261. The Morgan fingerprint density at radius 1 is 0.967 bits per heavy atom. The number of carbonyl (C=O) groups excluding carboxylic acids is 2. The lowest BCUT2D eigenvalue weighted by Crippen LogP contribution is -2.30. The van der Waals surface area contributed by atoms with Crippen molar-refractivity contribution in [2.24, 2.45) is 0 Å². The van der Waals surface area contributed by atoms with Crippen LogP contribution in [0.3, 0.4) is 0 Å². The van der Waals surface area contributed by atoms with Crippen LogP contribution in [0.25, 0.3) is 22.6 Å². The number of para-hydroxylation sites is 2. The number of ether oxygens (including phenoxy) is 1. The minimum Gasteiger partial charge on any atom is -0.449 e. The molecule has 2 heterocycles. The molecule has 0 saturated heterocycles. The quantitative estimate of drug-likeness (QED) is 0.499. The maximum absolute atomic E-state index is 12.8. The van der Waals surface area contributed by atoms with E-state index in [1.807, 2.05) is 31.2 Å². The highest BCUT2D eigenvalue weighted by atomic mass is 16.5. The van der Waals surface area contributed by atoms with Crippen LogP contribution in [0.1, 0.15) is 23.0 Å². The number of oxazole rings is 1. The first-order valence-corrected chi connectivity index (χ1v) is 9.42. The Labute approximate surface area is 172 Å². The summed E-state index contributed by atoms with van der Waals surface area (Å²) in [4.78, 5) is 33.8. The van der Waals surface area contributed by atoms with Crippen molar-refractivity contribution in [2.75, 3.05) is 5.32 Å². The van der Waals surface area contributed by atoms with Gasteiger partial charge >= 0.3 is 5.97 Å². The molecule has 30 heavy (non-hydrogen) atoms. The van der Waals surface area contributed by atoms with E-state index < -0.39 is 18.0 Å². The summed E-state index contributed by atoms with van der Waals surface area (Å²) in [5.74, 6) is -0.409. The second kappa shape index (κ2) is 8.16. The molecule has 1 atom stereocenters. The maximum atomic E-state index is 12.8. The van der Waals surface area contributed by atoms with E-state index in [1.165, 1.54) is 6.92 Å². The lowest BCUT2D eigenvalue weighted by molar-refractivity contribution is -0.123. The van der Waals surface area contributed by atoms with E-state index in [-0.39, 0.29) is 5.56 Å². The molecule has 0 saturated carbocycles. The molecular formula is C23H19N3O4. The summed E-state index contributed by atoms with van der Waals surface area (Å²) in [5.41, 5.74) is 2.83. The fourth-order valence-corrected chi connectivity index (χ4v) is 2.95. The largest absolute Gasteiger partial charge is 0.449 e. The van der Waals surface area contributed by atoms with Crippen LogP contribution in [0, 0.1) is 6.92 Å². The van der Waals surface area contributed by atoms with E-state index in [1.54, 1.807) is 42.5 Å². The fourth-order valence-electron chi connectivity index (χ4n) is 2.95. The lowest BCUT2D eigenvalue weighted by Gasteiger charge is -2.14. The Kier molecular flexibility index (Phi) is 5.26. The lowest BCUT2D eigenvalue weighted by atomic mass is 10.1. The third-order valence-corrected chi connectivity index (χ3v) is 4.46. The molecule has 0 spiro atoms. The summed E-state index contributed by atoms with van der Waals surface area (Å²) in [7, 11) is 0. The van der Waals surface area contributed by atoms with Crippen LogP contribution < -0.4 is 5.32 Å². The number of pyridine rings is 1. The zero-order chi connectivity index (χ0) is 21.1. The summed E-state index contributed by atoms with van der Waals surface area (Å²) >= 11 is 0. The van der Waals surface area contributed by atoms with Crippen LogP contribution in [0.15, 0.2) is 71.1 Å². The van der Waals surface area contributed by atoms with Gasteiger partial charge in [-0.1, -0.05) is 30.3 Å². The molecule has 7 heteroatoms. The zero-order valence-corrected chi connectivity index (χ0v) is 16.5. The van der Waals surface area contributed by atoms with Crippen molar-refractivity contribution >= 4 is 28.8 Å². The standard InChI is InChI=1S/C23H19N3O4/c1-14-8-7-13-20(24-14)26-21(27)15(2)29-23(28)17-10-4-3-9-16(17)22-25-18-11-5-6-12-19(18)30-22/h3-13,15H,1-2H3,(H,24,26,27). The van der Waals surface area contributed by atoms with Crippen LogP contribution in [0.5, 0.6) is 0 Å². The number of fused-ring (bicyclic) bond motifs is 1. The van der Waals surface area contributed by atoms with Crippen LogP contribution in [-0.4, -0.2) is 27.9 Å². The van der Waals surface area contributed by atoms with Crippen molar-refractivity contribution < 1.29 is 18.7 Å². The molecule has 4 aromatic rings. The monoisotopic (exact) mass is 401 g/mol. The summed E-state index contributed by atoms with van der Waals surface area (Å²) in [6.07, 6.45) is -1.02. The van der Waals surface area contributed by atoms with E-state index in [4.69, 9.17) is 9.15 Å². The van der Waals surface area contributed by atoms with Crippen LogP contribution in [-0.2, 0) is 9.53 Å². The molecule has 0 fully saturated rings. The number of nitrogens with one attached hydrogen (secondary N) is 1. The van der Waals surface area contributed by atoms with Gasteiger partial charge in [-0.15, -0.1) is 0 Å². The van der Waals surface area contributed by atoms with Crippen LogP contribution in [0.2, 0.25) is 0 Å². The fraction of sp³-hybridized carbons (Fsp3) is 0.130.